The summed E-state index contributed by atoms with van der Waals surface area (Å²) in [4.78, 5) is 4.34. The van der Waals surface area contributed by atoms with Gasteiger partial charge in [0, 0.05) is 31.9 Å². The van der Waals surface area contributed by atoms with Crippen molar-refractivity contribution in [1.29, 1.82) is 0 Å². The number of likely N-dealkylation sites (N-methyl/N-ethyl adjacent to an activating group) is 1. The van der Waals surface area contributed by atoms with Crippen LogP contribution in [0.5, 0.6) is 0 Å². The second-order valence-electron chi connectivity index (χ2n) is 4.81. The number of halogens is 1. The monoisotopic (exact) mass is 253 g/mol. The Morgan fingerprint density at radius 1 is 1.11 bits per heavy atom. The van der Waals surface area contributed by atoms with E-state index in [1.807, 2.05) is 20.2 Å². The topological polar surface area (TPSA) is 32.5 Å². The van der Waals surface area contributed by atoms with Gasteiger partial charge in [-0.3, -0.25) is 0 Å². The van der Waals surface area contributed by atoms with E-state index in [0.717, 1.165) is 37.3 Å². The highest BCUT2D eigenvalue weighted by Crippen LogP contribution is 2.19. The molecule has 0 fully saturated rings. The minimum atomic E-state index is -0.209. The zero-order valence-electron chi connectivity index (χ0n) is 11.6. The van der Waals surface area contributed by atoms with Gasteiger partial charge in [-0.2, -0.15) is 0 Å². The standard InChI is InChI=1S/C14H24FN3/c1-4-5-18(7-6-17(2)3)14-9-12(11-16)8-13(15)10-14/h8-10H,4-7,11,16H2,1-3H3. The number of anilines is 1. The molecule has 3 nitrogen and oxygen atoms in total. The summed E-state index contributed by atoms with van der Waals surface area (Å²) in [6.07, 6.45) is 1.04. The average molecular weight is 253 g/mol. The van der Waals surface area contributed by atoms with Crippen LogP contribution in [0.2, 0.25) is 0 Å². The van der Waals surface area contributed by atoms with Crippen LogP contribution in [0.25, 0.3) is 0 Å². The van der Waals surface area contributed by atoms with E-state index in [-0.39, 0.29) is 5.82 Å². The summed E-state index contributed by atoms with van der Waals surface area (Å²) in [7, 11) is 4.09. The van der Waals surface area contributed by atoms with Gasteiger partial charge in [0.05, 0.1) is 0 Å². The Morgan fingerprint density at radius 2 is 1.83 bits per heavy atom. The van der Waals surface area contributed by atoms with Crippen molar-refractivity contribution in [1.82, 2.24) is 4.90 Å². The van der Waals surface area contributed by atoms with Gasteiger partial charge in [-0.15, -0.1) is 0 Å². The van der Waals surface area contributed by atoms with Crippen LogP contribution in [0.4, 0.5) is 10.1 Å². The van der Waals surface area contributed by atoms with Gasteiger partial charge in [-0.1, -0.05) is 6.92 Å². The zero-order valence-corrected chi connectivity index (χ0v) is 11.6. The Bertz CT molecular complexity index is 366. The predicted octanol–water partition coefficient (Wildman–Crippen LogP) is 2.06. The van der Waals surface area contributed by atoms with E-state index in [2.05, 4.69) is 16.7 Å². The van der Waals surface area contributed by atoms with Gasteiger partial charge in [0.25, 0.3) is 0 Å². The molecule has 0 spiro atoms. The fraction of sp³-hybridized carbons (Fsp3) is 0.571. The van der Waals surface area contributed by atoms with Crippen molar-refractivity contribution in [2.75, 3.05) is 38.6 Å². The number of rotatable bonds is 7. The lowest BCUT2D eigenvalue weighted by molar-refractivity contribution is 0.413. The van der Waals surface area contributed by atoms with Crippen molar-refractivity contribution in [3.05, 3.63) is 29.6 Å². The van der Waals surface area contributed by atoms with Gasteiger partial charge in [0.2, 0.25) is 0 Å². The summed E-state index contributed by atoms with van der Waals surface area (Å²) in [6, 6.07) is 5.07. The van der Waals surface area contributed by atoms with Crippen molar-refractivity contribution in [3.63, 3.8) is 0 Å². The molecule has 0 aromatic heterocycles. The SMILES string of the molecule is CCCN(CCN(C)C)c1cc(F)cc(CN)c1. The van der Waals surface area contributed by atoms with Gasteiger partial charge < -0.3 is 15.5 Å². The van der Waals surface area contributed by atoms with Gasteiger partial charge in [0.1, 0.15) is 5.82 Å². The Kier molecular flexibility index (Phi) is 6.09. The molecule has 0 atom stereocenters. The number of nitrogens with two attached hydrogens (primary N) is 1. The van der Waals surface area contributed by atoms with Gasteiger partial charge >= 0.3 is 0 Å². The number of hydrogen-bond acceptors (Lipinski definition) is 3. The Labute approximate surface area is 109 Å². The van der Waals surface area contributed by atoms with Crippen LogP contribution in [0.15, 0.2) is 18.2 Å². The lowest BCUT2D eigenvalue weighted by Crippen LogP contribution is -2.32. The van der Waals surface area contributed by atoms with Gasteiger partial charge in [0.15, 0.2) is 0 Å². The minimum Gasteiger partial charge on any atom is -0.370 e. The third-order valence-corrected chi connectivity index (χ3v) is 2.85. The summed E-state index contributed by atoms with van der Waals surface area (Å²) in [5.41, 5.74) is 7.36. The van der Waals surface area contributed by atoms with Crippen LogP contribution in [0, 0.1) is 5.82 Å². The quantitative estimate of drug-likeness (QED) is 0.807. The Balaban J connectivity index is 2.86. The molecule has 0 unspecified atom stereocenters. The third-order valence-electron chi connectivity index (χ3n) is 2.85. The first-order chi connectivity index (χ1) is 8.56. The Hall–Kier alpha value is -1.13. The lowest BCUT2D eigenvalue weighted by atomic mass is 10.1. The molecular formula is C14H24FN3. The zero-order chi connectivity index (χ0) is 13.5. The van der Waals surface area contributed by atoms with Gasteiger partial charge in [-0.05, 0) is 44.3 Å². The first-order valence-corrected chi connectivity index (χ1v) is 6.46. The lowest BCUT2D eigenvalue weighted by Gasteiger charge is -2.26. The minimum absolute atomic E-state index is 0.209. The molecule has 1 rings (SSSR count). The molecule has 0 heterocycles. The highest BCUT2D eigenvalue weighted by Gasteiger charge is 2.08. The van der Waals surface area contributed by atoms with E-state index in [4.69, 9.17) is 5.73 Å². The number of hydrogen-bond donors (Lipinski definition) is 1. The van der Waals surface area contributed by atoms with Crippen LogP contribution in [-0.2, 0) is 6.54 Å². The van der Waals surface area contributed by atoms with Crippen LogP contribution in [0.3, 0.4) is 0 Å². The summed E-state index contributed by atoms with van der Waals surface area (Å²) in [5, 5.41) is 0. The highest BCUT2D eigenvalue weighted by atomic mass is 19.1. The van der Waals surface area contributed by atoms with Crippen LogP contribution < -0.4 is 10.6 Å². The molecule has 2 N–H and O–H groups in total. The molecule has 1 aromatic rings. The summed E-state index contributed by atoms with van der Waals surface area (Å²) in [5.74, 6) is -0.209. The molecule has 0 bridgehead atoms. The van der Waals surface area contributed by atoms with Crippen LogP contribution in [0.1, 0.15) is 18.9 Å². The first kappa shape index (κ1) is 14.9. The average Bonchev–Trinajstić information content (AvgIpc) is 2.33. The maximum absolute atomic E-state index is 13.5. The highest BCUT2D eigenvalue weighted by molar-refractivity contribution is 5.49. The van der Waals surface area contributed by atoms with E-state index in [1.54, 1.807) is 6.07 Å². The molecule has 0 aliphatic rings. The summed E-state index contributed by atoms with van der Waals surface area (Å²) >= 11 is 0. The van der Waals surface area contributed by atoms with Crippen molar-refractivity contribution < 1.29 is 4.39 Å². The summed E-state index contributed by atoms with van der Waals surface area (Å²) < 4.78 is 13.5. The van der Waals surface area contributed by atoms with Crippen molar-refractivity contribution in [2.45, 2.75) is 19.9 Å². The number of nitrogens with zero attached hydrogens (tertiary/aromatic N) is 2. The van der Waals surface area contributed by atoms with Crippen LogP contribution in [-0.4, -0.2) is 38.6 Å². The van der Waals surface area contributed by atoms with Gasteiger partial charge in [-0.25, -0.2) is 4.39 Å². The molecule has 0 aliphatic heterocycles. The predicted molar refractivity (Wildman–Crippen MR) is 75.3 cm³/mol. The first-order valence-electron chi connectivity index (χ1n) is 6.46. The van der Waals surface area contributed by atoms with Crippen molar-refractivity contribution >= 4 is 5.69 Å². The molecule has 0 amide bonds. The molecule has 18 heavy (non-hydrogen) atoms. The Morgan fingerprint density at radius 3 is 2.39 bits per heavy atom. The van der Waals surface area contributed by atoms with E-state index in [0.29, 0.717) is 6.54 Å². The second kappa shape index (κ2) is 7.34. The fourth-order valence-corrected chi connectivity index (χ4v) is 1.89. The largest absolute Gasteiger partial charge is 0.370 e. The van der Waals surface area contributed by atoms with Crippen molar-refractivity contribution in [3.8, 4) is 0 Å². The number of benzene rings is 1. The van der Waals surface area contributed by atoms with E-state index >= 15 is 0 Å². The smallest absolute Gasteiger partial charge is 0.125 e. The van der Waals surface area contributed by atoms with E-state index in [9.17, 15) is 4.39 Å². The third kappa shape index (κ3) is 4.63. The molecule has 0 radical (unpaired) electrons. The molecule has 1 aromatic carbocycles. The summed E-state index contributed by atoms with van der Waals surface area (Å²) in [6.45, 7) is 5.29. The van der Waals surface area contributed by atoms with E-state index < -0.39 is 0 Å². The van der Waals surface area contributed by atoms with Crippen LogP contribution >= 0.6 is 0 Å². The van der Waals surface area contributed by atoms with E-state index in [1.165, 1.54) is 6.07 Å². The molecular weight excluding hydrogens is 229 g/mol. The molecule has 0 aliphatic carbocycles. The van der Waals surface area contributed by atoms with Crippen molar-refractivity contribution in [2.24, 2.45) is 5.73 Å². The normalized spacial score (nSPS) is 11.0. The fourth-order valence-electron chi connectivity index (χ4n) is 1.89. The molecule has 102 valence electrons. The maximum atomic E-state index is 13.5. The second-order valence-corrected chi connectivity index (χ2v) is 4.81. The molecule has 0 saturated carbocycles. The molecule has 4 heteroatoms. The molecule has 0 saturated heterocycles. The maximum Gasteiger partial charge on any atom is 0.125 e.